The average Bonchev–Trinajstić information content (AvgIpc) is 2.16. The number of hydrogen-bond acceptors (Lipinski definition) is 5. The average molecular weight is 196 g/mol. The van der Waals surface area contributed by atoms with Crippen LogP contribution in [0.2, 0.25) is 0 Å². The molecule has 0 rings (SSSR count). The molecule has 0 aliphatic rings. The third-order valence-corrected chi connectivity index (χ3v) is 1.30. The molecule has 0 saturated heterocycles. The Kier molecular flexibility index (Phi) is 12.3. The number of methoxy groups -OCH3 is 1. The Bertz CT molecular complexity index is 123. The van der Waals surface area contributed by atoms with E-state index in [9.17, 15) is 4.79 Å². The summed E-state index contributed by atoms with van der Waals surface area (Å²) in [6, 6.07) is 0. The van der Waals surface area contributed by atoms with Crippen LogP contribution in [0.4, 0.5) is 0 Å². The van der Waals surface area contributed by atoms with Crippen molar-refractivity contribution in [1.29, 1.82) is 0 Å². The first-order valence-corrected chi connectivity index (χ1v) is 4.03. The number of esters is 1. The SMILES string of the molecule is C=CC(=O)OC.COP(O)OC. The van der Waals surface area contributed by atoms with Crippen molar-refractivity contribution in [1.82, 2.24) is 0 Å². The van der Waals surface area contributed by atoms with Crippen LogP contribution in [-0.2, 0) is 18.6 Å². The van der Waals surface area contributed by atoms with E-state index in [1.807, 2.05) is 0 Å². The Balaban J connectivity index is 0. The molecule has 0 aromatic heterocycles. The molecule has 0 fully saturated rings. The van der Waals surface area contributed by atoms with E-state index in [0.717, 1.165) is 6.08 Å². The second-order valence-electron chi connectivity index (χ2n) is 1.33. The van der Waals surface area contributed by atoms with Crippen molar-refractivity contribution >= 4 is 14.6 Å². The minimum Gasteiger partial charge on any atom is -0.466 e. The van der Waals surface area contributed by atoms with Gasteiger partial charge in [0.1, 0.15) is 0 Å². The van der Waals surface area contributed by atoms with E-state index in [2.05, 4.69) is 20.4 Å². The second kappa shape index (κ2) is 10.5. The molecule has 0 aromatic carbocycles. The molecule has 0 aliphatic carbocycles. The number of carbonyl (C=O) groups is 1. The number of hydrogen-bond donors (Lipinski definition) is 1. The highest BCUT2D eigenvalue weighted by atomic mass is 31.2. The summed E-state index contributed by atoms with van der Waals surface area (Å²) >= 11 is 0. The van der Waals surface area contributed by atoms with Crippen LogP contribution in [0.25, 0.3) is 0 Å². The fourth-order valence-corrected chi connectivity index (χ4v) is 0.307. The van der Waals surface area contributed by atoms with Crippen LogP contribution >= 0.6 is 8.60 Å². The van der Waals surface area contributed by atoms with Gasteiger partial charge in [-0.2, -0.15) is 0 Å². The lowest BCUT2D eigenvalue weighted by Gasteiger charge is -1.98. The third kappa shape index (κ3) is 12.2. The smallest absolute Gasteiger partial charge is 0.329 e. The van der Waals surface area contributed by atoms with Gasteiger partial charge in [0, 0.05) is 20.3 Å². The maximum Gasteiger partial charge on any atom is 0.329 e. The summed E-state index contributed by atoms with van der Waals surface area (Å²) in [7, 11) is 2.50. The van der Waals surface area contributed by atoms with E-state index < -0.39 is 14.6 Å². The van der Waals surface area contributed by atoms with E-state index in [1.165, 1.54) is 21.3 Å². The van der Waals surface area contributed by atoms with Crippen molar-refractivity contribution in [3.8, 4) is 0 Å². The fourth-order valence-electron chi connectivity index (χ4n) is 0.158. The van der Waals surface area contributed by atoms with Gasteiger partial charge >= 0.3 is 14.6 Å². The molecular weight excluding hydrogens is 183 g/mol. The molecule has 6 heteroatoms. The van der Waals surface area contributed by atoms with E-state index in [4.69, 9.17) is 4.89 Å². The van der Waals surface area contributed by atoms with Gasteiger partial charge in [-0.25, -0.2) is 4.79 Å². The highest BCUT2D eigenvalue weighted by Gasteiger charge is 1.94. The molecule has 0 amide bonds. The Morgan fingerprint density at radius 3 is 1.83 bits per heavy atom. The first kappa shape index (κ1) is 14.1. The Labute approximate surface area is 72.9 Å². The maximum atomic E-state index is 9.84. The van der Waals surface area contributed by atoms with Gasteiger partial charge in [0.2, 0.25) is 0 Å². The summed E-state index contributed by atoms with van der Waals surface area (Å²) in [6.07, 6.45) is 1.11. The van der Waals surface area contributed by atoms with Crippen molar-refractivity contribution in [2.75, 3.05) is 21.3 Å². The summed E-state index contributed by atoms with van der Waals surface area (Å²) in [4.78, 5) is 18.1. The monoisotopic (exact) mass is 196 g/mol. The molecular formula is C6H13O5P. The predicted octanol–water partition coefficient (Wildman–Crippen LogP) is 0.844. The minimum atomic E-state index is -1.58. The van der Waals surface area contributed by atoms with Gasteiger partial charge in [-0.3, -0.25) is 0 Å². The lowest BCUT2D eigenvalue weighted by molar-refractivity contribution is -0.134. The molecule has 0 saturated carbocycles. The van der Waals surface area contributed by atoms with E-state index in [1.54, 1.807) is 0 Å². The number of carbonyl (C=O) groups excluding carboxylic acids is 1. The lowest BCUT2D eigenvalue weighted by atomic mass is 10.7. The second-order valence-corrected chi connectivity index (χ2v) is 2.54. The first-order chi connectivity index (χ1) is 5.62. The number of rotatable bonds is 3. The minimum absolute atomic E-state index is 0.394. The maximum absolute atomic E-state index is 9.84. The van der Waals surface area contributed by atoms with E-state index in [0.29, 0.717) is 0 Å². The zero-order valence-corrected chi connectivity index (χ0v) is 8.21. The van der Waals surface area contributed by atoms with Crippen molar-refractivity contribution in [2.45, 2.75) is 0 Å². The molecule has 12 heavy (non-hydrogen) atoms. The molecule has 0 aliphatic heterocycles. The normalized spacial score (nSPS) is 8.42. The molecule has 0 heterocycles. The molecule has 0 spiro atoms. The zero-order valence-electron chi connectivity index (χ0n) is 7.31. The Morgan fingerprint density at radius 1 is 1.42 bits per heavy atom. The molecule has 0 bridgehead atoms. The van der Waals surface area contributed by atoms with Crippen LogP contribution in [0, 0.1) is 0 Å². The summed E-state index contributed by atoms with van der Waals surface area (Å²) in [6.45, 7) is 3.16. The van der Waals surface area contributed by atoms with E-state index >= 15 is 0 Å². The van der Waals surface area contributed by atoms with Crippen molar-refractivity contribution in [3.05, 3.63) is 12.7 Å². The summed E-state index contributed by atoms with van der Waals surface area (Å²) in [5.74, 6) is -0.394. The van der Waals surface area contributed by atoms with Crippen molar-refractivity contribution < 1.29 is 23.5 Å². The van der Waals surface area contributed by atoms with Crippen LogP contribution < -0.4 is 0 Å². The zero-order chi connectivity index (χ0) is 9.98. The molecule has 0 atom stereocenters. The van der Waals surface area contributed by atoms with Gasteiger partial charge in [-0.15, -0.1) is 0 Å². The molecule has 0 unspecified atom stereocenters. The topological polar surface area (TPSA) is 65.0 Å². The molecule has 1 N–H and O–H groups in total. The Morgan fingerprint density at radius 2 is 1.83 bits per heavy atom. The van der Waals surface area contributed by atoms with Crippen LogP contribution in [-0.4, -0.2) is 32.2 Å². The first-order valence-electron chi connectivity index (χ1n) is 2.90. The third-order valence-electron chi connectivity index (χ3n) is 0.680. The highest BCUT2D eigenvalue weighted by Crippen LogP contribution is 2.28. The standard InChI is InChI=1S/C4H6O2.C2H7O3P/c1-3-4(5)6-2;1-4-6(3)5-2/h3H,1H2,2H3;3H,1-2H3. The quantitative estimate of drug-likeness (QED) is 0.411. The van der Waals surface area contributed by atoms with Gasteiger partial charge in [0.15, 0.2) is 0 Å². The van der Waals surface area contributed by atoms with Crippen LogP contribution in [0.1, 0.15) is 0 Å². The van der Waals surface area contributed by atoms with Gasteiger partial charge in [-0.05, 0) is 0 Å². The largest absolute Gasteiger partial charge is 0.466 e. The molecule has 0 aromatic rings. The van der Waals surface area contributed by atoms with Crippen molar-refractivity contribution in [2.24, 2.45) is 0 Å². The predicted molar refractivity (Wildman–Crippen MR) is 45.4 cm³/mol. The van der Waals surface area contributed by atoms with Crippen LogP contribution in [0.15, 0.2) is 12.7 Å². The fraction of sp³-hybridized carbons (Fsp3) is 0.500. The lowest BCUT2D eigenvalue weighted by Crippen LogP contribution is -1.91. The summed E-state index contributed by atoms with van der Waals surface area (Å²) < 4.78 is 12.7. The van der Waals surface area contributed by atoms with E-state index in [-0.39, 0.29) is 0 Å². The van der Waals surface area contributed by atoms with Gasteiger partial charge in [-0.1, -0.05) is 6.58 Å². The van der Waals surface area contributed by atoms with Crippen LogP contribution in [0.5, 0.6) is 0 Å². The van der Waals surface area contributed by atoms with Crippen LogP contribution in [0.3, 0.4) is 0 Å². The summed E-state index contributed by atoms with van der Waals surface area (Å²) in [5, 5.41) is 0. The molecule has 72 valence electrons. The van der Waals surface area contributed by atoms with Gasteiger partial charge in [0.25, 0.3) is 0 Å². The van der Waals surface area contributed by atoms with Crippen molar-refractivity contribution in [3.63, 3.8) is 0 Å². The molecule has 5 nitrogen and oxygen atoms in total. The highest BCUT2D eigenvalue weighted by molar-refractivity contribution is 7.40. The Hall–Kier alpha value is -0.480. The number of ether oxygens (including phenoxy) is 1. The molecule has 0 radical (unpaired) electrons. The van der Waals surface area contributed by atoms with Gasteiger partial charge < -0.3 is 18.7 Å². The summed E-state index contributed by atoms with van der Waals surface area (Å²) in [5.41, 5.74) is 0. The van der Waals surface area contributed by atoms with Gasteiger partial charge in [0.05, 0.1) is 7.11 Å².